The number of methoxy groups -OCH3 is 1. The van der Waals surface area contributed by atoms with Gasteiger partial charge >= 0.3 is 5.97 Å². The van der Waals surface area contributed by atoms with Crippen LogP contribution in [-0.2, 0) is 4.74 Å². The number of carbonyl (C=O) groups is 1. The van der Waals surface area contributed by atoms with Gasteiger partial charge in [0.1, 0.15) is 5.82 Å². The van der Waals surface area contributed by atoms with E-state index in [4.69, 9.17) is 4.74 Å². The van der Waals surface area contributed by atoms with Gasteiger partial charge in [-0.2, -0.15) is 0 Å². The summed E-state index contributed by atoms with van der Waals surface area (Å²) in [5.74, 6) is 2.87. The van der Waals surface area contributed by atoms with Crippen LogP contribution in [0.25, 0.3) is 0 Å². The van der Waals surface area contributed by atoms with E-state index < -0.39 is 5.97 Å². The molecule has 5 heteroatoms. The smallest absolute Gasteiger partial charge is 0.376 e. The number of ether oxygens (including phenoxy) is 1. The SMILES string of the molecule is COC(=O)c1nc(C)cc(NC(C)C2CC3CCC2C3)n1. The van der Waals surface area contributed by atoms with Crippen LogP contribution in [0.4, 0.5) is 5.82 Å². The van der Waals surface area contributed by atoms with Crippen molar-refractivity contribution in [3.05, 3.63) is 17.6 Å². The van der Waals surface area contributed by atoms with Crippen molar-refractivity contribution in [2.45, 2.75) is 45.6 Å². The van der Waals surface area contributed by atoms with Gasteiger partial charge in [0.2, 0.25) is 5.82 Å². The van der Waals surface area contributed by atoms with Crippen LogP contribution >= 0.6 is 0 Å². The third kappa shape index (κ3) is 2.87. The minimum Gasteiger partial charge on any atom is -0.463 e. The van der Waals surface area contributed by atoms with E-state index in [2.05, 4.69) is 22.2 Å². The molecule has 2 fully saturated rings. The second-order valence-corrected chi connectivity index (χ2v) is 6.48. The van der Waals surface area contributed by atoms with Crippen molar-refractivity contribution in [2.24, 2.45) is 17.8 Å². The fourth-order valence-corrected chi connectivity index (χ4v) is 4.07. The average molecular weight is 289 g/mol. The molecule has 5 nitrogen and oxygen atoms in total. The highest BCUT2D eigenvalue weighted by Gasteiger charge is 2.41. The summed E-state index contributed by atoms with van der Waals surface area (Å²) in [6, 6.07) is 2.26. The van der Waals surface area contributed by atoms with Gasteiger partial charge in [-0.1, -0.05) is 6.42 Å². The third-order valence-electron chi connectivity index (χ3n) is 5.03. The van der Waals surface area contributed by atoms with Gasteiger partial charge in [0, 0.05) is 17.8 Å². The molecule has 0 aliphatic heterocycles. The Labute approximate surface area is 125 Å². The molecule has 2 aliphatic rings. The molecule has 0 saturated heterocycles. The quantitative estimate of drug-likeness (QED) is 0.863. The van der Waals surface area contributed by atoms with Crippen LogP contribution in [0.3, 0.4) is 0 Å². The topological polar surface area (TPSA) is 64.1 Å². The van der Waals surface area contributed by atoms with E-state index in [0.717, 1.165) is 29.3 Å². The zero-order chi connectivity index (χ0) is 15.0. The van der Waals surface area contributed by atoms with Crippen molar-refractivity contribution in [3.8, 4) is 0 Å². The van der Waals surface area contributed by atoms with E-state index in [9.17, 15) is 4.79 Å². The Kier molecular flexibility index (Phi) is 3.83. The second-order valence-electron chi connectivity index (χ2n) is 6.48. The molecule has 0 amide bonds. The Morgan fingerprint density at radius 3 is 2.81 bits per heavy atom. The van der Waals surface area contributed by atoms with E-state index in [1.807, 2.05) is 13.0 Å². The molecule has 2 bridgehead atoms. The van der Waals surface area contributed by atoms with Gasteiger partial charge in [0.25, 0.3) is 0 Å². The van der Waals surface area contributed by atoms with Crippen molar-refractivity contribution in [1.82, 2.24) is 9.97 Å². The molecule has 1 aromatic rings. The van der Waals surface area contributed by atoms with Gasteiger partial charge in [-0.05, 0) is 50.9 Å². The Balaban J connectivity index is 1.72. The lowest BCUT2D eigenvalue weighted by atomic mass is 9.84. The number of aryl methyl sites for hydroxylation is 1. The number of aromatic nitrogens is 2. The predicted molar refractivity (Wildman–Crippen MR) is 80.1 cm³/mol. The maximum atomic E-state index is 11.6. The number of fused-ring (bicyclic) bond motifs is 2. The molecule has 114 valence electrons. The molecule has 3 rings (SSSR count). The van der Waals surface area contributed by atoms with Gasteiger partial charge in [-0.15, -0.1) is 0 Å². The zero-order valence-corrected chi connectivity index (χ0v) is 12.9. The van der Waals surface area contributed by atoms with Gasteiger partial charge in [-0.25, -0.2) is 14.8 Å². The Morgan fingerprint density at radius 2 is 2.19 bits per heavy atom. The first-order chi connectivity index (χ1) is 10.1. The number of nitrogens with one attached hydrogen (secondary N) is 1. The lowest BCUT2D eigenvalue weighted by molar-refractivity contribution is 0.0586. The second kappa shape index (κ2) is 5.62. The van der Waals surface area contributed by atoms with Gasteiger partial charge in [0.15, 0.2) is 0 Å². The van der Waals surface area contributed by atoms with Crippen molar-refractivity contribution in [1.29, 1.82) is 0 Å². The lowest BCUT2D eigenvalue weighted by Gasteiger charge is -2.29. The molecular formula is C16H23N3O2. The predicted octanol–water partition coefficient (Wildman–Crippen LogP) is 2.81. The maximum Gasteiger partial charge on any atom is 0.376 e. The molecule has 2 aliphatic carbocycles. The van der Waals surface area contributed by atoms with E-state index in [1.165, 1.54) is 32.8 Å². The van der Waals surface area contributed by atoms with Crippen molar-refractivity contribution in [3.63, 3.8) is 0 Å². The lowest BCUT2D eigenvalue weighted by Crippen LogP contribution is -2.30. The van der Waals surface area contributed by atoms with Gasteiger partial charge in [-0.3, -0.25) is 0 Å². The van der Waals surface area contributed by atoms with E-state index in [1.54, 1.807) is 0 Å². The Hall–Kier alpha value is -1.65. The highest BCUT2D eigenvalue weighted by atomic mass is 16.5. The summed E-state index contributed by atoms with van der Waals surface area (Å²) in [6.07, 6.45) is 5.50. The van der Waals surface area contributed by atoms with Gasteiger partial charge in [0.05, 0.1) is 7.11 Å². The number of esters is 1. The Bertz CT molecular complexity index is 546. The minimum atomic E-state index is -0.491. The fraction of sp³-hybridized carbons (Fsp3) is 0.688. The molecule has 0 spiro atoms. The summed E-state index contributed by atoms with van der Waals surface area (Å²) in [7, 11) is 1.35. The van der Waals surface area contributed by atoms with E-state index >= 15 is 0 Å². The molecular weight excluding hydrogens is 266 g/mol. The van der Waals surface area contributed by atoms with Crippen molar-refractivity contribution < 1.29 is 9.53 Å². The molecule has 0 radical (unpaired) electrons. The van der Waals surface area contributed by atoms with E-state index in [-0.39, 0.29) is 5.82 Å². The first-order valence-electron chi connectivity index (χ1n) is 7.77. The fourth-order valence-electron chi connectivity index (χ4n) is 4.07. The molecule has 1 aromatic heterocycles. The minimum absolute atomic E-state index is 0.125. The summed E-state index contributed by atoms with van der Waals surface area (Å²) in [5, 5.41) is 3.47. The van der Waals surface area contributed by atoms with Crippen LogP contribution in [0.2, 0.25) is 0 Å². The highest BCUT2D eigenvalue weighted by Crippen LogP contribution is 2.49. The summed E-state index contributed by atoms with van der Waals surface area (Å²) in [6.45, 7) is 4.09. The summed E-state index contributed by atoms with van der Waals surface area (Å²) < 4.78 is 4.70. The largest absolute Gasteiger partial charge is 0.463 e. The first kappa shape index (κ1) is 14.3. The monoisotopic (exact) mass is 289 g/mol. The highest BCUT2D eigenvalue weighted by molar-refractivity contribution is 5.85. The van der Waals surface area contributed by atoms with Crippen LogP contribution in [0.1, 0.15) is 48.9 Å². The van der Waals surface area contributed by atoms with Crippen LogP contribution in [0.15, 0.2) is 6.07 Å². The molecule has 4 atom stereocenters. The number of hydrogen-bond acceptors (Lipinski definition) is 5. The van der Waals surface area contributed by atoms with Crippen LogP contribution < -0.4 is 5.32 Å². The molecule has 2 saturated carbocycles. The number of hydrogen-bond donors (Lipinski definition) is 1. The molecule has 1 N–H and O–H groups in total. The average Bonchev–Trinajstić information content (AvgIpc) is 3.08. The molecule has 4 unspecified atom stereocenters. The third-order valence-corrected chi connectivity index (χ3v) is 5.03. The number of nitrogens with zero attached hydrogens (tertiary/aromatic N) is 2. The van der Waals surface area contributed by atoms with Gasteiger partial charge < -0.3 is 10.1 Å². The van der Waals surface area contributed by atoms with Crippen molar-refractivity contribution in [2.75, 3.05) is 12.4 Å². The maximum absolute atomic E-state index is 11.6. The standard InChI is InChI=1S/C16H23N3O2/c1-9-6-14(19-15(17-9)16(20)21-3)18-10(2)13-8-11-4-5-12(13)7-11/h6,10-13H,4-5,7-8H2,1-3H3,(H,17,18,19). The van der Waals surface area contributed by atoms with Crippen LogP contribution in [0.5, 0.6) is 0 Å². The van der Waals surface area contributed by atoms with E-state index in [0.29, 0.717) is 6.04 Å². The normalized spacial score (nSPS) is 28.4. The number of rotatable bonds is 4. The zero-order valence-electron chi connectivity index (χ0n) is 12.9. The number of anilines is 1. The summed E-state index contributed by atoms with van der Waals surface area (Å²) in [4.78, 5) is 20.0. The van der Waals surface area contributed by atoms with Crippen LogP contribution in [-0.4, -0.2) is 29.1 Å². The summed E-state index contributed by atoms with van der Waals surface area (Å²) in [5.41, 5.74) is 0.771. The Morgan fingerprint density at radius 1 is 1.38 bits per heavy atom. The molecule has 1 heterocycles. The summed E-state index contributed by atoms with van der Waals surface area (Å²) >= 11 is 0. The van der Waals surface area contributed by atoms with Crippen molar-refractivity contribution >= 4 is 11.8 Å². The van der Waals surface area contributed by atoms with Crippen LogP contribution in [0, 0.1) is 24.7 Å². The first-order valence-corrected chi connectivity index (χ1v) is 7.77. The molecule has 21 heavy (non-hydrogen) atoms. The molecule has 0 aromatic carbocycles. The number of carbonyl (C=O) groups excluding carboxylic acids is 1.